The maximum atomic E-state index is 13.0. The zero-order chi connectivity index (χ0) is 18.0. The normalized spacial score (nSPS) is 20.7. The second-order valence-corrected chi connectivity index (χ2v) is 10.1. The third-order valence-electron chi connectivity index (χ3n) is 4.40. The van der Waals surface area contributed by atoms with Gasteiger partial charge in [-0.2, -0.15) is 0 Å². The second-order valence-electron chi connectivity index (χ2n) is 6.42. The van der Waals surface area contributed by atoms with E-state index in [1.807, 2.05) is 12.1 Å². The van der Waals surface area contributed by atoms with Crippen LogP contribution in [0.1, 0.15) is 11.1 Å². The molecule has 1 aliphatic heterocycles. The summed E-state index contributed by atoms with van der Waals surface area (Å²) in [5.41, 5.74) is 2.35. The largest absolute Gasteiger partial charge is 0.315 e. The molecule has 0 aromatic heterocycles. The molecule has 0 saturated carbocycles. The predicted molar refractivity (Wildman–Crippen MR) is 116 cm³/mol. The first kappa shape index (κ1) is 19.7. The summed E-state index contributed by atoms with van der Waals surface area (Å²) in [6.07, 6.45) is 1.53. The van der Waals surface area contributed by atoms with Crippen molar-refractivity contribution in [2.24, 2.45) is 11.8 Å². The molecular formula is C19H17Br4NO. The topological polar surface area (TPSA) is 29.1 Å². The van der Waals surface area contributed by atoms with Crippen LogP contribution in [-0.2, 0) is 17.6 Å². The second kappa shape index (κ2) is 8.79. The van der Waals surface area contributed by atoms with Crippen molar-refractivity contribution in [2.75, 3.05) is 13.1 Å². The molecule has 3 rings (SSSR count). The van der Waals surface area contributed by atoms with Crippen LogP contribution in [0.5, 0.6) is 0 Å². The minimum Gasteiger partial charge on any atom is -0.315 e. The Labute approximate surface area is 181 Å². The number of halogens is 4. The van der Waals surface area contributed by atoms with Gasteiger partial charge in [0.15, 0.2) is 0 Å². The van der Waals surface area contributed by atoms with E-state index in [-0.39, 0.29) is 11.8 Å². The van der Waals surface area contributed by atoms with Crippen molar-refractivity contribution in [3.05, 3.63) is 65.4 Å². The minimum absolute atomic E-state index is 0.0237. The van der Waals surface area contributed by atoms with Gasteiger partial charge in [0.2, 0.25) is 0 Å². The molecular weight excluding hydrogens is 578 g/mol. The van der Waals surface area contributed by atoms with Gasteiger partial charge in [0.1, 0.15) is 5.78 Å². The van der Waals surface area contributed by atoms with E-state index in [2.05, 4.69) is 93.3 Å². The number of carbonyl (C=O) groups is 1. The van der Waals surface area contributed by atoms with Crippen molar-refractivity contribution in [3.8, 4) is 0 Å². The average Bonchev–Trinajstić information content (AvgIpc) is 2.49. The van der Waals surface area contributed by atoms with Gasteiger partial charge >= 0.3 is 0 Å². The highest BCUT2D eigenvalue weighted by atomic mass is 79.9. The third-order valence-corrected chi connectivity index (χ3v) is 6.23. The van der Waals surface area contributed by atoms with Gasteiger partial charge in [-0.1, -0.05) is 63.7 Å². The van der Waals surface area contributed by atoms with E-state index in [4.69, 9.17) is 0 Å². The van der Waals surface area contributed by atoms with Gasteiger partial charge in [-0.05, 0) is 60.4 Å². The van der Waals surface area contributed by atoms with E-state index >= 15 is 0 Å². The van der Waals surface area contributed by atoms with Crippen molar-refractivity contribution in [1.82, 2.24) is 5.32 Å². The van der Waals surface area contributed by atoms with Crippen LogP contribution in [0.3, 0.4) is 0 Å². The fraction of sp³-hybridized carbons (Fsp3) is 0.316. The number of benzene rings is 2. The Kier molecular flexibility index (Phi) is 6.94. The molecule has 0 amide bonds. The summed E-state index contributed by atoms with van der Waals surface area (Å²) in [6, 6.07) is 12.4. The molecule has 2 atom stereocenters. The van der Waals surface area contributed by atoms with Gasteiger partial charge in [-0.3, -0.25) is 4.79 Å². The van der Waals surface area contributed by atoms with Crippen molar-refractivity contribution in [3.63, 3.8) is 0 Å². The molecule has 1 fully saturated rings. The van der Waals surface area contributed by atoms with Gasteiger partial charge in [0, 0.05) is 42.8 Å². The lowest BCUT2D eigenvalue weighted by atomic mass is 9.82. The first-order chi connectivity index (χ1) is 11.9. The summed E-state index contributed by atoms with van der Waals surface area (Å²) >= 11 is 14.1. The molecule has 132 valence electrons. The Hall–Kier alpha value is -0.0100. The number of nitrogens with one attached hydrogen (secondary N) is 1. The monoisotopic (exact) mass is 591 g/mol. The van der Waals surface area contributed by atoms with E-state index < -0.39 is 0 Å². The summed E-state index contributed by atoms with van der Waals surface area (Å²) in [4.78, 5) is 13.0. The summed E-state index contributed by atoms with van der Waals surface area (Å²) in [5.74, 6) is 0.414. The number of hydrogen-bond acceptors (Lipinski definition) is 2. The zero-order valence-electron chi connectivity index (χ0n) is 13.4. The zero-order valence-corrected chi connectivity index (χ0v) is 19.7. The molecule has 25 heavy (non-hydrogen) atoms. The highest BCUT2D eigenvalue weighted by Gasteiger charge is 2.31. The van der Waals surface area contributed by atoms with Crippen LogP contribution in [0.4, 0.5) is 0 Å². The molecule has 2 aromatic carbocycles. The lowest BCUT2D eigenvalue weighted by Crippen LogP contribution is -2.45. The molecule has 0 bridgehead atoms. The minimum atomic E-state index is 0.0237. The average molecular weight is 595 g/mol. The van der Waals surface area contributed by atoms with Crippen LogP contribution in [0.25, 0.3) is 0 Å². The van der Waals surface area contributed by atoms with Crippen molar-refractivity contribution >= 4 is 69.5 Å². The summed E-state index contributed by atoms with van der Waals surface area (Å²) < 4.78 is 4.12. The van der Waals surface area contributed by atoms with Gasteiger partial charge in [0.05, 0.1) is 0 Å². The fourth-order valence-electron chi connectivity index (χ4n) is 3.34. The Morgan fingerprint density at radius 3 is 1.44 bits per heavy atom. The highest BCUT2D eigenvalue weighted by molar-refractivity contribution is 9.11. The number of piperidine rings is 1. The first-order valence-corrected chi connectivity index (χ1v) is 11.2. The standard InChI is InChI=1S/C19H17Br4NO/c20-15-3-11(4-16(21)7-15)1-13-9-24-10-14(19(13)25)2-12-5-17(22)8-18(23)6-12/h3-8,13-14,24H,1-2,9-10H2. The Morgan fingerprint density at radius 2 is 1.08 bits per heavy atom. The van der Waals surface area contributed by atoms with Crippen LogP contribution in [-0.4, -0.2) is 18.9 Å². The van der Waals surface area contributed by atoms with E-state index in [9.17, 15) is 4.79 Å². The quantitative estimate of drug-likeness (QED) is 0.476. The number of ketones is 1. The van der Waals surface area contributed by atoms with Crippen LogP contribution in [0, 0.1) is 11.8 Å². The van der Waals surface area contributed by atoms with E-state index in [1.54, 1.807) is 0 Å². The van der Waals surface area contributed by atoms with Gasteiger partial charge in [-0.25, -0.2) is 0 Å². The highest BCUT2D eigenvalue weighted by Crippen LogP contribution is 2.27. The van der Waals surface area contributed by atoms with Crippen molar-refractivity contribution < 1.29 is 4.79 Å². The lowest BCUT2D eigenvalue weighted by molar-refractivity contribution is -0.128. The lowest BCUT2D eigenvalue weighted by Gasteiger charge is -2.29. The van der Waals surface area contributed by atoms with Crippen molar-refractivity contribution in [2.45, 2.75) is 12.8 Å². The molecule has 6 heteroatoms. The Balaban J connectivity index is 1.72. The smallest absolute Gasteiger partial charge is 0.142 e. The fourth-order valence-corrected chi connectivity index (χ4v) is 6.12. The summed E-state index contributed by atoms with van der Waals surface area (Å²) in [6.45, 7) is 1.50. The Morgan fingerprint density at radius 1 is 0.720 bits per heavy atom. The van der Waals surface area contributed by atoms with E-state index in [1.165, 1.54) is 11.1 Å². The van der Waals surface area contributed by atoms with E-state index in [0.29, 0.717) is 5.78 Å². The van der Waals surface area contributed by atoms with Crippen molar-refractivity contribution in [1.29, 1.82) is 0 Å². The van der Waals surface area contributed by atoms with Crippen LogP contribution >= 0.6 is 63.7 Å². The van der Waals surface area contributed by atoms with Crippen LogP contribution in [0.15, 0.2) is 54.3 Å². The number of hydrogen-bond donors (Lipinski definition) is 1. The van der Waals surface area contributed by atoms with Gasteiger partial charge in [0.25, 0.3) is 0 Å². The SMILES string of the molecule is O=C1C(Cc2cc(Br)cc(Br)c2)CNCC1Cc1cc(Br)cc(Br)c1. The number of Topliss-reactive ketones (excluding diaryl/α,β-unsaturated/α-hetero) is 1. The Bertz CT molecular complexity index is 689. The maximum absolute atomic E-state index is 13.0. The predicted octanol–water partition coefficient (Wildman–Crippen LogP) is 5.93. The summed E-state index contributed by atoms with van der Waals surface area (Å²) in [5, 5.41) is 3.45. The molecule has 1 heterocycles. The van der Waals surface area contributed by atoms with Gasteiger partial charge in [-0.15, -0.1) is 0 Å². The molecule has 0 radical (unpaired) electrons. The number of rotatable bonds is 4. The van der Waals surface area contributed by atoms with Gasteiger partial charge < -0.3 is 5.32 Å². The maximum Gasteiger partial charge on any atom is 0.142 e. The molecule has 1 saturated heterocycles. The number of carbonyl (C=O) groups excluding carboxylic acids is 1. The summed E-state index contributed by atoms with van der Waals surface area (Å²) in [7, 11) is 0. The molecule has 2 nitrogen and oxygen atoms in total. The van der Waals surface area contributed by atoms with Crippen LogP contribution < -0.4 is 5.32 Å². The molecule has 2 unspecified atom stereocenters. The molecule has 0 aliphatic carbocycles. The molecule has 1 aliphatic rings. The molecule has 1 N–H and O–H groups in total. The molecule has 2 aromatic rings. The van der Waals surface area contributed by atoms with Crippen LogP contribution in [0.2, 0.25) is 0 Å². The third kappa shape index (κ3) is 5.48. The first-order valence-electron chi connectivity index (χ1n) is 8.05. The van der Waals surface area contributed by atoms with E-state index in [0.717, 1.165) is 43.8 Å². The molecule has 0 spiro atoms.